The number of hydroxylamine groups is 1. The summed E-state index contributed by atoms with van der Waals surface area (Å²) in [5.74, 6) is -0.405. The van der Waals surface area contributed by atoms with Crippen molar-refractivity contribution < 1.29 is 24.3 Å². The van der Waals surface area contributed by atoms with E-state index in [-0.39, 0.29) is 18.4 Å². The third kappa shape index (κ3) is 6.10. The van der Waals surface area contributed by atoms with Crippen LogP contribution in [-0.2, 0) is 9.59 Å². The maximum Gasteiger partial charge on any atom is 0.319 e. The van der Waals surface area contributed by atoms with Crippen molar-refractivity contribution in [3.05, 3.63) is 30.5 Å². The summed E-state index contributed by atoms with van der Waals surface area (Å²) in [6, 6.07) is 5.70. The lowest BCUT2D eigenvalue weighted by molar-refractivity contribution is -0.142. The monoisotopic (exact) mass is 457 g/mol. The Morgan fingerprint density at radius 2 is 2.03 bits per heavy atom. The zero-order chi connectivity index (χ0) is 24.0. The lowest BCUT2D eigenvalue weighted by atomic mass is 9.85. The smallest absolute Gasteiger partial charge is 0.319 e. The lowest BCUT2D eigenvalue weighted by Crippen LogP contribution is -2.55. The molecule has 4 N–H and O–H groups in total. The van der Waals surface area contributed by atoms with Gasteiger partial charge in [-0.25, -0.2) is 10.3 Å². The van der Waals surface area contributed by atoms with Crippen LogP contribution in [0.3, 0.4) is 0 Å². The first-order chi connectivity index (χ1) is 15.8. The fraction of sp³-hybridized carbons (Fsp3) is 0.478. The van der Waals surface area contributed by atoms with E-state index in [0.29, 0.717) is 29.4 Å². The van der Waals surface area contributed by atoms with Crippen molar-refractivity contribution in [1.82, 2.24) is 20.7 Å². The first kappa shape index (κ1) is 24.2. The summed E-state index contributed by atoms with van der Waals surface area (Å²) in [6.07, 6.45) is 4.69. The number of fused-ring (bicyclic) bond motifs is 1. The highest BCUT2D eigenvalue weighted by atomic mass is 16.5. The van der Waals surface area contributed by atoms with E-state index in [9.17, 15) is 14.4 Å². The van der Waals surface area contributed by atoms with Gasteiger partial charge in [0.1, 0.15) is 18.3 Å². The molecule has 1 saturated carbocycles. The molecule has 2 aromatic rings. The average Bonchev–Trinajstić information content (AvgIpc) is 2.77. The number of rotatable bonds is 9. The Kier molecular flexibility index (Phi) is 8.05. The maximum atomic E-state index is 13.3. The Balaban J connectivity index is 1.77. The van der Waals surface area contributed by atoms with Crippen LogP contribution >= 0.6 is 0 Å². The molecule has 1 aromatic heterocycles. The Morgan fingerprint density at radius 3 is 2.64 bits per heavy atom. The number of methoxy groups -OCH3 is 1. The third-order valence-electron chi connectivity index (χ3n) is 5.86. The second-order valence-corrected chi connectivity index (χ2v) is 8.62. The van der Waals surface area contributed by atoms with Gasteiger partial charge in [-0.15, -0.1) is 0 Å². The Bertz CT molecular complexity index is 1010. The van der Waals surface area contributed by atoms with Crippen LogP contribution in [0.2, 0.25) is 0 Å². The van der Waals surface area contributed by atoms with Gasteiger partial charge in [0, 0.05) is 24.2 Å². The van der Waals surface area contributed by atoms with E-state index in [1.165, 1.54) is 12.0 Å². The predicted octanol–water partition coefficient (Wildman–Crippen LogP) is 2.52. The standard InChI is InChI=1S/C23H31N5O5/c1-14(2)20(22(30)28(13-19(29)27-32)12-15-6-4-7-15)26-23(31)25-18-11-17(33-3)10-16-8-5-9-24-21(16)18/h5,8-11,14-15,20,32H,4,6-7,12-13H2,1-3H3,(H,27,29)(H2,25,26,31)/t20-/m0/s1. The molecule has 1 aliphatic carbocycles. The van der Waals surface area contributed by atoms with Gasteiger partial charge < -0.3 is 20.3 Å². The Morgan fingerprint density at radius 1 is 1.27 bits per heavy atom. The van der Waals surface area contributed by atoms with Gasteiger partial charge in [-0.2, -0.15) is 0 Å². The zero-order valence-electron chi connectivity index (χ0n) is 19.1. The number of carbonyl (C=O) groups is 3. The molecule has 0 radical (unpaired) electrons. The van der Waals surface area contributed by atoms with E-state index < -0.39 is 18.0 Å². The number of pyridine rings is 1. The van der Waals surface area contributed by atoms with Gasteiger partial charge in [0.15, 0.2) is 0 Å². The molecule has 178 valence electrons. The molecule has 0 saturated heterocycles. The topological polar surface area (TPSA) is 133 Å². The minimum absolute atomic E-state index is 0.232. The van der Waals surface area contributed by atoms with E-state index in [1.54, 1.807) is 23.8 Å². The number of nitrogens with one attached hydrogen (secondary N) is 3. The summed E-state index contributed by atoms with van der Waals surface area (Å²) in [6.45, 7) is 3.77. The van der Waals surface area contributed by atoms with E-state index in [2.05, 4.69) is 15.6 Å². The van der Waals surface area contributed by atoms with Crippen LogP contribution in [0.15, 0.2) is 30.5 Å². The summed E-state index contributed by atoms with van der Waals surface area (Å²) < 4.78 is 5.32. The summed E-state index contributed by atoms with van der Waals surface area (Å²) in [5.41, 5.74) is 2.62. The van der Waals surface area contributed by atoms with E-state index in [1.807, 2.05) is 26.0 Å². The number of benzene rings is 1. The number of nitrogens with zero attached hydrogens (tertiary/aromatic N) is 2. The molecule has 0 aliphatic heterocycles. The molecule has 0 bridgehead atoms. The van der Waals surface area contributed by atoms with Gasteiger partial charge in [-0.1, -0.05) is 26.3 Å². The van der Waals surface area contributed by atoms with Crippen LogP contribution in [0.5, 0.6) is 5.75 Å². The molecule has 0 spiro atoms. The minimum atomic E-state index is -0.860. The van der Waals surface area contributed by atoms with Gasteiger partial charge in [0.25, 0.3) is 5.91 Å². The van der Waals surface area contributed by atoms with Crippen LogP contribution in [0.4, 0.5) is 10.5 Å². The molecule has 1 aliphatic rings. The molecule has 1 heterocycles. The zero-order valence-corrected chi connectivity index (χ0v) is 19.1. The highest BCUT2D eigenvalue weighted by Crippen LogP contribution is 2.28. The number of aromatic nitrogens is 1. The normalized spacial score (nSPS) is 14.3. The Hall–Kier alpha value is -3.40. The van der Waals surface area contributed by atoms with Crippen LogP contribution < -0.4 is 20.9 Å². The number of carbonyl (C=O) groups excluding carboxylic acids is 3. The quantitative estimate of drug-likeness (QED) is 0.338. The van der Waals surface area contributed by atoms with Crippen LogP contribution in [-0.4, -0.2) is 59.2 Å². The highest BCUT2D eigenvalue weighted by molar-refractivity contribution is 6.01. The fourth-order valence-electron chi connectivity index (χ4n) is 3.82. The molecule has 10 heteroatoms. The van der Waals surface area contributed by atoms with Gasteiger partial charge >= 0.3 is 6.03 Å². The van der Waals surface area contributed by atoms with Gasteiger partial charge in [-0.3, -0.25) is 19.8 Å². The molecular formula is C23H31N5O5. The largest absolute Gasteiger partial charge is 0.497 e. The van der Waals surface area contributed by atoms with Crippen molar-refractivity contribution in [1.29, 1.82) is 0 Å². The van der Waals surface area contributed by atoms with E-state index >= 15 is 0 Å². The van der Waals surface area contributed by atoms with Crippen molar-refractivity contribution in [3.63, 3.8) is 0 Å². The molecule has 1 atom stereocenters. The van der Waals surface area contributed by atoms with Crippen molar-refractivity contribution in [2.75, 3.05) is 25.5 Å². The van der Waals surface area contributed by atoms with Crippen molar-refractivity contribution >= 4 is 34.4 Å². The molecule has 10 nitrogen and oxygen atoms in total. The summed E-state index contributed by atoms with van der Waals surface area (Å²) in [5, 5.41) is 15.2. The maximum absolute atomic E-state index is 13.3. The molecule has 0 unspecified atom stereocenters. The molecule has 1 aromatic carbocycles. The van der Waals surface area contributed by atoms with Crippen LogP contribution in [0, 0.1) is 11.8 Å². The van der Waals surface area contributed by atoms with Crippen molar-refractivity contribution in [3.8, 4) is 5.75 Å². The first-order valence-electron chi connectivity index (χ1n) is 11.0. The molecule has 1 fully saturated rings. The van der Waals surface area contributed by atoms with Gasteiger partial charge in [-0.05, 0) is 36.8 Å². The van der Waals surface area contributed by atoms with Crippen LogP contribution in [0.25, 0.3) is 10.9 Å². The fourth-order valence-corrected chi connectivity index (χ4v) is 3.82. The van der Waals surface area contributed by atoms with E-state index in [0.717, 1.165) is 24.6 Å². The SMILES string of the molecule is COc1cc(NC(=O)N[C@H](C(=O)N(CC(=O)NO)CC2CCC2)C(C)C)c2ncccc2c1. The molecular weight excluding hydrogens is 426 g/mol. The number of ether oxygens (including phenoxy) is 1. The second-order valence-electron chi connectivity index (χ2n) is 8.62. The number of urea groups is 1. The van der Waals surface area contributed by atoms with Gasteiger partial charge in [0.05, 0.1) is 18.3 Å². The minimum Gasteiger partial charge on any atom is -0.497 e. The van der Waals surface area contributed by atoms with Crippen LogP contribution in [0.1, 0.15) is 33.1 Å². The average molecular weight is 458 g/mol. The second kappa shape index (κ2) is 11.0. The highest BCUT2D eigenvalue weighted by Gasteiger charge is 2.32. The number of amides is 4. The lowest BCUT2D eigenvalue weighted by Gasteiger charge is -2.35. The summed E-state index contributed by atoms with van der Waals surface area (Å²) in [7, 11) is 1.54. The van der Waals surface area contributed by atoms with Crippen molar-refractivity contribution in [2.24, 2.45) is 11.8 Å². The summed E-state index contributed by atoms with van der Waals surface area (Å²) >= 11 is 0. The number of hydrogen-bond donors (Lipinski definition) is 4. The predicted molar refractivity (Wildman–Crippen MR) is 123 cm³/mol. The Labute approximate surface area is 192 Å². The number of hydrogen-bond acceptors (Lipinski definition) is 6. The van der Waals surface area contributed by atoms with Gasteiger partial charge in [0.2, 0.25) is 5.91 Å². The van der Waals surface area contributed by atoms with Crippen molar-refractivity contribution in [2.45, 2.75) is 39.2 Å². The van der Waals surface area contributed by atoms with E-state index in [4.69, 9.17) is 9.94 Å². The molecule has 4 amide bonds. The molecule has 33 heavy (non-hydrogen) atoms. The molecule has 3 rings (SSSR count). The third-order valence-corrected chi connectivity index (χ3v) is 5.86. The first-order valence-corrected chi connectivity index (χ1v) is 11.0. The summed E-state index contributed by atoms with van der Waals surface area (Å²) in [4.78, 5) is 43.7. The number of anilines is 1.